The van der Waals surface area contributed by atoms with Gasteiger partial charge in [0.25, 0.3) is 0 Å². The van der Waals surface area contributed by atoms with E-state index in [2.05, 4.69) is 17.5 Å². The van der Waals surface area contributed by atoms with E-state index in [1.54, 1.807) is 6.07 Å². The lowest BCUT2D eigenvalue weighted by atomic mass is 9.95. The van der Waals surface area contributed by atoms with Crippen LogP contribution in [0.3, 0.4) is 0 Å². The van der Waals surface area contributed by atoms with Gasteiger partial charge in [0.1, 0.15) is 5.82 Å². The second-order valence-corrected chi connectivity index (χ2v) is 5.12. The van der Waals surface area contributed by atoms with Crippen LogP contribution in [0, 0.1) is 5.82 Å². The molecule has 2 aromatic carbocycles. The van der Waals surface area contributed by atoms with E-state index in [1.807, 2.05) is 30.3 Å². The normalized spacial score (nSPS) is 14.4. The van der Waals surface area contributed by atoms with Gasteiger partial charge in [-0.25, -0.2) is 4.39 Å². The summed E-state index contributed by atoms with van der Waals surface area (Å²) in [5.74, 6) is -0.163. The minimum absolute atomic E-state index is 0. The van der Waals surface area contributed by atoms with E-state index in [9.17, 15) is 4.39 Å². The summed E-state index contributed by atoms with van der Waals surface area (Å²) in [4.78, 5) is 0. The molecule has 0 radical (unpaired) electrons. The molecule has 21 heavy (non-hydrogen) atoms. The summed E-state index contributed by atoms with van der Waals surface area (Å²) < 4.78 is 14.0. The van der Waals surface area contributed by atoms with Gasteiger partial charge >= 0.3 is 0 Å². The molecule has 0 amide bonds. The molecule has 1 fully saturated rings. The lowest BCUT2D eigenvalue weighted by molar-refractivity contribution is 0.613. The predicted molar refractivity (Wildman–Crippen MR) is 89.2 cm³/mol. The van der Waals surface area contributed by atoms with Crippen molar-refractivity contribution in [3.63, 3.8) is 0 Å². The topological polar surface area (TPSA) is 12.0 Å². The minimum Gasteiger partial charge on any atom is -0.316 e. The van der Waals surface area contributed by atoms with Crippen LogP contribution in [0.5, 0.6) is 0 Å². The molecular formula is C18H19ClFN. The van der Waals surface area contributed by atoms with Gasteiger partial charge in [-0.2, -0.15) is 0 Å². The molecule has 0 unspecified atom stereocenters. The van der Waals surface area contributed by atoms with Crippen molar-refractivity contribution in [2.75, 3.05) is 13.1 Å². The van der Waals surface area contributed by atoms with Crippen LogP contribution in [0.25, 0.3) is 17.2 Å². The third-order valence-electron chi connectivity index (χ3n) is 3.73. The van der Waals surface area contributed by atoms with Gasteiger partial charge in [0.2, 0.25) is 0 Å². The molecular weight excluding hydrogens is 285 g/mol. The van der Waals surface area contributed by atoms with Crippen LogP contribution in [0.1, 0.15) is 18.4 Å². The summed E-state index contributed by atoms with van der Waals surface area (Å²) in [6, 6.07) is 15.0. The van der Waals surface area contributed by atoms with Crippen molar-refractivity contribution in [2.45, 2.75) is 12.8 Å². The fourth-order valence-electron chi connectivity index (χ4n) is 2.66. The number of nitrogens with one attached hydrogen (secondary N) is 1. The zero-order valence-electron chi connectivity index (χ0n) is 11.8. The lowest BCUT2D eigenvalue weighted by Gasteiger charge is -2.16. The Bertz CT molecular complexity index is 629. The summed E-state index contributed by atoms with van der Waals surface area (Å²) >= 11 is 0. The fraction of sp³-hybridized carbons (Fsp3) is 0.222. The molecule has 1 heterocycles. The maximum atomic E-state index is 14.0. The predicted octanol–water partition coefficient (Wildman–Crippen LogP) is 4.68. The highest BCUT2D eigenvalue weighted by Crippen LogP contribution is 2.28. The van der Waals surface area contributed by atoms with Crippen molar-refractivity contribution in [3.8, 4) is 11.1 Å². The molecule has 1 aliphatic rings. The molecule has 2 aromatic rings. The summed E-state index contributed by atoms with van der Waals surface area (Å²) in [5, 5.41) is 3.36. The first kappa shape index (κ1) is 15.7. The van der Waals surface area contributed by atoms with E-state index in [1.165, 1.54) is 11.6 Å². The first-order valence-corrected chi connectivity index (χ1v) is 7.09. The highest BCUT2D eigenvalue weighted by molar-refractivity contribution is 5.85. The molecule has 0 atom stereocenters. The van der Waals surface area contributed by atoms with Crippen LogP contribution in [-0.2, 0) is 0 Å². The van der Waals surface area contributed by atoms with E-state index in [0.29, 0.717) is 5.56 Å². The van der Waals surface area contributed by atoms with Crippen LogP contribution in [0.15, 0.2) is 54.1 Å². The van der Waals surface area contributed by atoms with Crippen LogP contribution in [0.4, 0.5) is 4.39 Å². The number of benzene rings is 2. The quantitative estimate of drug-likeness (QED) is 0.849. The Labute approximate surface area is 131 Å². The third-order valence-corrected chi connectivity index (χ3v) is 3.73. The molecule has 1 aliphatic heterocycles. The highest BCUT2D eigenvalue weighted by atomic mass is 35.5. The van der Waals surface area contributed by atoms with E-state index >= 15 is 0 Å². The van der Waals surface area contributed by atoms with Gasteiger partial charge in [0.15, 0.2) is 0 Å². The van der Waals surface area contributed by atoms with Gasteiger partial charge < -0.3 is 5.32 Å². The molecule has 110 valence electrons. The number of halogens is 2. The molecule has 0 aliphatic carbocycles. The summed E-state index contributed by atoms with van der Waals surface area (Å²) in [7, 11) is 0. The van der Waals surface area contributed by atoms with E-state index < -0.39 is 0 Å². The van der Waals surface area contributed by atoms with Gasteiger partial charge in [-0.1, -0.05) is 54.1 Å². The van der Waals surface area contributed by atoms with Gasteiger partial charge in [0, 0.05) is 5.56 Å². The number of rotatable bonds is 2. The Morgan fingerprint density at radius 3 is 2.19 bits per heavy atom. The van der Waals surface area contributed by atoms with Crippen LogP contribution >= 0.6 is 12.4 Å². The van der Waals surface area contributed by atoms with Crippen molar-refractivity contribution in [3.05, 3.63) is 65.5 Å². The molecule has 0 spiro atoms. The van der Waals surface area contributed by atoms with E-state index in [-0.39, 0.29) is 18.2 Å². The van der Waals surface area contributed by atoms with Crippen molar-refractivity contribution >= 4 is 18.5 Å². The SMILES string of the molecule is Cl.Fc1ccccc1-c1ccccc1C=C1CCNCC1. The average molecular weight is 304 g/mol. The van der Waals surface area contributed by atoms with E-state index in [4.69, 9.17) is 0 Å². The average Bonchev–Trinajstić information content (AvgIpc) is 2.50. The largest absolute Gasteiger partial charge is 0.316 e. The summed E-state index contributed by atoms with van der Waals surface area (Å²) in [6.45, 7) is 2.07. The minimum atomic E-state index is -0.163. The monoisotopic (exact) mass is 303 g/mol. The van der Waals surface area contributed by atoms with Gasteiger partial charge in [0.05, 0.1) is 0 Å². The summed E-state index contributed by atoms with van der Waals surface area (Å²) in [6.07, 6.45) is 4.37. The van der Waals surface area contributed by atoms with Crippen LogP contribution in [-0.4, -0.2) is 13.1 Å². The smallest absolute Gasteiger partial charge is 0.131 e. The second-order valence-electron chi connectivity index (χ2n) is 5.12. The highest BCUT2D eigenvalue weighted by Gasteiger charge is 2.09. The van der Waals surface area contributed by atoms with Crippen LogP contribution in [0.2, 0.25) is 0 Å². The second kappa shape index (κ2) is 7.39. The number of piperidine rings is 1. The Morgan fingerprint density at radius 1 is 0.857 bits per heavy atom. The van der Waals surface area contributed by atoms with Gasteiger partial charge in [-0.3, -0.25) is 0 Å². The maximum absolute atomic E-state index is 14.0. The number of hydrogen-bond acceptors (Lipinski definition) is 1. The van der Waals surface area contributed by atoms with Gasteiger partial charge in [-0.05, 0) is 43.1 Å². The molecule has 1 N–H and O–H groups in total. The zero-order valence-corrected chi connectivity index (χ0v) is 12.6. The first-order valence-electron chi connectivity index (χ1n) is 7.09. The first-order chi connectivity index (χ1) is 9.84. The molecule has 1 saturated heterocycles. The van der Waals surface area contributed by atoms with Crippen molar-refractivity contribution in [1.29, 1.82) is 0 Å². The standard InChI is InChI=1S/C18H18FN.ClH/c19-18-8-4-3-7-17(18)16-6-2-1-5-15(16)13-14-9-11-20-12-10-14;/h1-8,13,20H,9-12H2;1H. The van der Waals surface area contributed by atoms with Crippen molar-refractivity contribution in [1.82, 2.24) is 5.32 Å². The van der Waals surface area contributed by atoms with Crippen molar-refractivity contribution in [2.24, 2.45) is 0 Å². The lowest BCUT2D eigenvalue weighted by Crippen LogP contribution is -2.22. The van der Waals surface area contributed by atoms with Crippen molar-refractivity contribution < 1.29 is 4.39 Å². The third kappa shape index (κ3) is 3.72. The van der Waals surface area contributed by atoms with Gasteiger partial charge in [-0.15, -0.1) is 12.4 Å². The molecule has 3 heteroatoms. The Morgan fingerprint density at radius 2 is 1.48 bits per heavy atom. The Hall–Kier alpha value is -1.64. The fourth-order valence-corrected chi connectivity index (χ4v) is 2.66. The summed E-state index contributed by atoms with van der Waals surface area (Å²) in [5.41, 5.74) is 4.19. The van der Waals surface area contributed by atoms with Crippen LogP contribution < -0.4 is 5.32 Å². The maximum Gasteiger partial charge on any atom is 0.131 e. The molecule has 0 bridgehead atoms. The Balaban J connectivity index is 0.00000161. The molecule has 0 aromatic heterocycles. The number of hydrogen-bond donors (Lipinski definition) is 1. The van der Waals surface area contributed by atoms with E-state index in [0.717, 1.165) is 37.1 Å². The Kier molecular flexibility index (Phi) is 5.54. The molecule has 3 rings (SSSR count). The molecule has 0 saturated carbocycles. The molecule has 1 nitrogen and oxygen atoms in total. The zero-order chi connectivity index (χ0) is 13.8.